The molecule has 0 saturated carbocycles. The average molecular weight is 334 g/mol. The Bertz CT molecular complexity index is 645. The van der Waals surface area contributed by atoms with E-state index < -0.39 is 0 Å². The largest absolute Gasteiger partial charge is 0.381 e. The summed E-state index contributed by atoms with van der Waals surface area (Å²) in [6, 6.07) is 14.5. The zero-order valence-electron chi connectivity index (χ0n) is 13.5. The minimum atomic E-state index is -0.0140. The van der Waals surface area contributed by atoms with Gasteiger partial charge in [0.15, 0.2) is 0 Å². The van der Waals surface area contributed by atoms with Gasteiger partial charge in [-0.1, -0.05) is 48.9 Å². The van der Waals surface area contributed by atoms with Crippen LogP contribution in [0.15, 0.2) is 42.5 Å². The van der Waals surface area contributed by atoms with Gasteiger partial charge in [0.05, 0.1) is 18.6 Å². The van der Waals surface area contributed by atoms with Gasteiger partial charge >= 0.3 is 0 Å². The van der Waals surface area contributed by atoms with Crippen molar-refractivity contribution in [2.45, 2.75) is 32.2 Å². The highest BCUT2D eigenvalue weighted by molar-refractivity contribution is 5.87. The third-order valence-electron chi connectivity index (χ3n) is 4.43. The lowest BCUT2D eigenvalue weighted by Gasteiger charge is -2.20. The van der Waals surface area contributed by atoms with Crippen LogP contribution in [0.1, 0.15) is 37.8 Å². The van der Waals surface area contributed by atoms with Gasteiger partial charge in [0.1, 0.15) is 0 Å². The summed E-state index contributed by atoms with van der Waals surface area (Å²) >= 11 is 0. The van der Waals surface area contributed by atoms with Crippen molar-refractivity contribution in [3.05, 3.63) is 48.0 Å². The second kappa shape index (κ2) is 8.32. The lowest BCUT2D eigenvalue weighted by atomic mass is 9.98. The van der Waals surface area contributed by atoms with E-state index in [1.165, 1.54) is 16.3 Å². The van der Waals surface area contributed by atoms with Crippen LogP contribution in [-0.4, -0.2) is 19.1 Å². The molecule has 1 N–H and O–H groups in total. The molecule has 1 aliphatic heterocycles. The summed E-state index contributed by atoms with van der Waals surface area (Å²) in [6.45, 7) is 3.38. The van der Waals surface area contributed by atoms with Crippen molar-refractivity contribution < 1.29 is 9.53 Å². The quantitative estimate of drug-likeness (QED) is 0.911. The van der Waals surface area contributed by atoms with E-state index in [4.69, 9.17) is 4.74 Å². The first-order chi connectivity index (χ1) is 10.8. The van der Waals surface area contributed by atoms with Gasteiger partial charge in [0.25, 0.3) is 0 Å². The van der Waals surface area contributed by atoms with Gasteiger partial charge in [-0.2, -0.15) is 0 Å². The molecule has 1 fully saturated rings. The predicted molar refractivity (Wildman–Crippen MR) is 95.9 cm³/mol. The van der Waals surface area contributed by atoms with Crippen molar-refractivity contribution in [3.63, 3.8) is 0 Å². The van der Waals surface area contributed by atoms with Crippen LogP contribution in [0, 0.1) is 5.92 Å². The van der Waals surface area contributed by atoms with E-state index in [2.05, 4.69) is 42.6 Å². The normalized spacial score (nSPS) is 19.4. The second-order valence-corrected chi connectivity index (χ2v) is 6.07. The van der Waals surface area contributed by atoms with Gasteiger partial charge in [-0.15, -0.1) is 12.4 Å². The number of hydrogen-bond donors (Lipinski definition) is 1. The van der Waals surface area contributed by atoms with Crippen molar-refractivity contribution in [1.82, 2.24) is 5.32 Å². The van der Waals surface area contributed by atoms with Gasteiger partial charge in [-0.3, -0.25) is 4.79 Å². The Hall–Kier alpha value is -1.58. The number of carbonyl (C=O) groups is 1. The molecule has 124 valence electrons. The van der Waals surface area contributed by atoms with Crippen LogP contribution >= 0.6 is 12.4 Å². The first-order valence-corrected chi connectivity index (χ1v) is 8.11. The Balaban J connectivity index is 0.00000192. The number of benzene rings is 2. The van der Waals surface area contributed by atoms with Gasteiger partial charge in [-0.05, 0) is 36.1 Å². The zero-order valence-corrected chi connectivity index (χ0v) is 14.3. The van der Waals surface area contributed by atoms with E-state index >= 15 is 0 Å². The van der Waals surface area contributed by atoms with Crippen molar-refractivity contribution in [2.75, 3.05) is 13.2 Å². The smallest absolute Gasteiger partial charge is 0.225 e. The van der Waals surface area contributed by atoms with Crippen LogP contribution in [0.5, 0.6) is 0 Å². The van der Waals surface area contributed by atoms with Gasteiger partial charge in [-0.25, -0.2) is 0 Å². The minimum absolute atomic E-state index is 0. The fourth-order valence-corrected chi connectivity index (χ4v) is 3.15. The lowest BCUT2D eigenvalue weighted by Crippen LogP contribution is -2.34. The number of hydrogen-bond acceptors (Lipinski definition) is 2. The summed E-state index contributed by atoms with van der Waals surface area (Å²) in [4.78, 5) is 12.5. The molecule has 2 atom stereocenters. The van der Waals surface area contributed by atoms with Crippen molar-refractivity contribution in [1.29, 1.82) is 0 Å². The molecule has 1 saturated heterocycles. The molecule has 0 spiro atoms. The third-order valence-corrected chi connectivity index (χ3v) is 4.43. The molecule has 23 heavy (non-hydrogen) atoms. The van der Waals surface area contributed by atoms with Gasteiger partial charge < -0.3 is 10.1 Å². The maximum Gasteiger partial charge on any atom is 0.225 e. The highest BCUT2D eigenvalue weighted by Gasteiger charge is 2.22. The molecule has 4 heteroatoms. The number of nitrogens with one attached hydrogen (secondary N) is 1. The topological polar surface area (TPSA) is 38.3 Å². The van der Waals surface area contributed by atoms with Crippen LogP contribution in [0.2, 0.25) is 0 Å². The summed E-state index contributed by atoms with van der Waals surface area (Å²) in [7, 11) is 0. The van der Waals surface area contributed by atoms with E-state index in [1.54, 1.807) is 0 Å². The SMILES string of the molecule is C[C@H](NC(=O)C1CCCCOC1)c1cccc2ccccc12.Cl. The average Bonchev–Trinajstić information content (AvgIpc) is 2.83. The Morgan fingerprint density at radius 3 is 2.83 bits per heavy atom. The Labute approximate surface area is 143 Å². The fourth-order valence-electron chi connectivity index (χ4n) is 3.15. The molecule has 3 nitrogen and oxygen atoms in total. The highest BCUT2D eigenvalue weighted by Crippen LogP contribution is 2.25. The Kier molecular flexibility index (Phi) is 6.43. The molecule has 2 aromatic rings. The van der Waals surface area contributed by atoms with Gasteiger partial charge in [0, 0.05) is 6.61 Å². The number of carbonyl (C=O) groups excluding carboxylic acids is 1. The minimum Gasteiger partial charge on any atom is -0.381 e. The van der Waals surface area contributed by atoms with Crippen LogP contribution in [0.25, 0.3) is 10.8 Å². The van der Waals surface area contributed by atoms with Crippen molar-refractivity contribution >= 4 is 29.1 Å². The molecule has 1 amide bonds. The number of halogens is 1. The molecule has 0 radical (unpaired) electrons. The summed E-state index contributed by atoms with van der Waals surface area (Å²) < 4.78 is 5.52. The molecule has 0 aromatic heterocycles. The summed E-state index contributed by atoms with van der Waals surface area (Å²) in [5, 5.41) is 5.58. The summed E-state index contributed by atoms with van der Waals surface area (Å²) in [6.07, 6.45) is 3.05. The van der Waals surface area contributed by atoms with Crippen LogP contribution in [0.4, 0.5) is 0 Å². The first kappa shape index (κ1) is 17.8. The van der Waals surface area contributed by atoms with E-state index in [0.717, 1.165) is 25.9 Å². The molecule has 3 rings (SSSR count). The standard InChI is InChI=1S/C19H23NO2.ClH/c1-14(20-19(21)16-8-4-5-12-22-13-16)17-11-6-9-15-7-2-3-10-18(15)17;/h2-3,6-7,9-11,14,16H,4-5,8,12-13H2,1H3,(H,20,21);1H/t14-,16?;/m0./s1. The highest BCUT2D eigenvalue weighted by atomic mass is 35.5. The molecule has 1 heterocycles. The Morgan fingerprint density at radius 2 is 1.96 bits per heavy atom. The van der Waals surface area contributed by atoms with Gasteiger partial charge in [0.2, 0.25) is 5.91 Å². The van der Waals surface area contributed by atoms with Crippen molar-refractivity contribution in [3.8, 4) is 0 Å². The second-order valence-electron chi connectivity index (χ2n) is 6.07. The first-order valence-electron chi connectivity index (χ1n) is 8.11. The maximum absolute atomic E-state index is 12.5. The molecule has 2 aromatic carbocycles. The maximum atomic E-state index is 12.5. The zero-order chi connectivity index (χ0) is 15.4. The predicted octanol–water partition coefficient (Wildman–Crippen LogP) is 4.26. The van der Waals surface area contributed by atoms with E-state index in [9.17, 15) is 4.79 Å². The monoisotopic (exact) mass is 333 g/mol. The molecule has 0 bridgehead atoms. The number of fused-ring (bicyclic) bond motifs is 1. The molecular formula is C19H24ClNO2. The molecular weight excluding hydrogens is 310 g/mol. The molecule has 0 aliphatic carbocycles. The van der Waals surface area contributed by atoms with Crippen molar-refractivity contribution in [2.24, 2.45) is 5.92 Å². The number of ether oxygens (including phenoxy) is 1. The summed E-state index contributed by atoms with van der Waals surface area (Å²) in [5.41, 5.74) is 1.17. The fraction of sp³-hybridized carbons (Fsp3) is 0.421. The molecule has 1 unspecified atom stereocenters. The molecule has 1 aliphatic rings. The van der Waals surface area contributed by atoms with Crippen LogP contribution < -0.4 is 5.32 Å². The third kappa shape index (κ3) is 4.24. The van der Waals surface area contributed by atoms with E-state index in [-0.39, 0.29) is 30.3 Å². The van der Waals surface area contributed by atoms with E-state index in [0.29, 0.717) is 6.61 Å². The Morgan fingerprint density at radius 1 is 1.17 bits per heavy atom. The van der Waals surface area contributed by atoms with Crippen LogP contribution in [0.3, 0.4) is 0 Å². The summed E-state index contributed by atoms with van der Waals surface area (Å²) in [5.74, 6) is 0.0993. The lowest BCUT2D eigenvalue weighted by molar-refractivity contribution is -0.127. The van der Waals surface area contributed by atoms with E-state index in [1.807, 2.05) is 12.1 Å². The van der Waals surface area contributed by atoms with Crippen LogP contribution in [-0.2, 0) is 9.53 Å². The number of amides is 1. The number of rotatable bonds is 3.